The fourth-order valence-corrected chi connectivity index (χ4v) is 2.69. The molecule has 1 aromatic heterocycles. The maximum Gasteiger partial charge on any atom is 0.131 e. The minimum atomic E-state index is 0.361. The molecule has 1 aromatic rings. The van der Waals surface area contributed by atoms with Crippen molar-refractivity contribution >= 4 is 5.69 Å². The molecular formula is C15H26N4O. The molecule has 1 saturated heterocycles. The summed E-state index contributed by atoms with van der Waals surface area (Å²) in [4.78, 5) is 11.6. The summed E-state index contributed by atoms with van der Waals surface area (Å²) in [6.45, 7) is 7.97. The number of methoxy groups -OCH3 is 1. The van der Waals surface area contributed by atoms with Crippen LogP contribution in [0.15, 0.2) is 6.20 Å². The standard InChI is InChI=1S/C15H26N4O/c1-11(2)15-17-8-14(13(18-15)7-16-3)19-6-5-12(9-19)10-20-4/h8,11-12,16H,5-7,9-10H2,1-4H3. The van der Waals surface area contributed by atoms with Gasteiger partial charge in [-0.15, -0.1) is 0 Å². The third kappa shape index (κ3) is 3.46. The lowest BCUT2D eigenvalue weighted by Crippen LogP contribution is -2.24. The lowest BCUT2D eigenvalue weighted by atomic mass is 10.1. The monoisotopic (exact) mass is 278 g/mol. The maximum absolute atomic E-state index is 5.27. The zero-order chi connectivity index (χ0) is 14.5. The molecule has 1 unspecified atom stereocenters. The van der Waals surface area contributed by atoms with E-state index in [0.717, 1.165) is 37.8 Å². The van der Waals surface area contributed by atoms with Crippen LogP contribution in [-0.4, -0.2) is 43.8 Å². The van der Waals surface area contributed by atoms with Crippen molar-refractivity contribution in [3.05, 3.63) is 17.7 Å². The normalized spacial score (nSPS) is 19.1. The van der Waals surface area contributed by atoms with Crippen molar-refractivity contribution in [3.63, 3.8) is 0 Å². The third-order valence-corrected chi connectivity index (χ3v) is 3.75. The smallest absolute Gasteiger partial charge is 0.131 e. The summed E-state index contributed by atoms with van der Waals surface area (Å²) in [5, 5.41) is 3.21. The summed E-state index contributed by atoms with van der Waals surface area (Å²) >= 11 is 0. The van der Waals surface area contributed by atoms with Crippen LogP contribution in [0.1, 0.15) is 37.7 Å². The quantitative estimate of drug-likeness (QED) is 0.860. The van der Waals surface area contributed by atoms with Gasteiger partial charge in [-0.25, -0.2) is 9.97 Å². The highest BCUT2D eigenvalue weighted by Crippen LogP contribution is 2.26. The average Bonchev–Trinajstić information content (AvgIpc) is 2.88. The number of hydrogen-bond donors (Lipinski definition) is 1. The molecule has 2 rings (SSSR count). The Balaban J connectivity index is 2.18. The molecule has 1 fully saturated rings. The van der Waals surface area contributed by atoms with Crippen LogP contribution in [0.2, 0.25) is 0 Å². The van der Waals surface area contributed by atoms with Crippen molar-refractivity contribution in [2.75, 3.05) is 38.8 Å². The van der Waals surface area contributed by atoms with Gasteiger partial charge in [-0.2, -0.15) is 0 Å². The topological polar surface area (TPSA) is 50.3 Å². The minimum Gasteiger partial charge on any atom is -0.384 e. The molecule has 1 aliphatic heterocycles. The van der Waals surface area contributed by atoms with Crippen LogP contribution in [0.5, 0.6) is 0 Å². The molecule has 0 aliphatic carbocycles. The maximum atomic E-state index is 5.27. The summed E-state index contributed by atoms with van der Waals surface area (Å²) < 4.78 is 5.27. The molecule has 0 radical (unpaired) electrons. The van der Waals surface area contributed by atoms with Crippen molar-refractivity contribution in [3.8, 4) is 0 Å². The van der Waals surface area contributed by atoms with Crippen LogP contribution in [-0.2, 0) is 11.3 Å². The van der Waals surface area contributed by atoms with Crippen LogP contribution in [0.4, 0.5) is 5.69 Å². The first-order chi connectivity index (χ1) is 9.65. The minimum absolute atomic E-state index is 0.361. The highest BCUT2D eigenvalue weighted by molar-refractivity contribution is 5.50. The molecule has 1 aliphatic rings. The van der Waals surface area contributed by atoms with E-state index >= 15 is 0 Å². The molecule has 112 valence electrons. The Hall–Kier alpha value is -1.20. The Kier molecular flexibility index (Phi) is 5.31. The van der Waals surface area contributed by atoms with E-state index in [0.29, 0.717) is 11.8 Å². The molecule has 0 saturated carbocycles. The third-order valence-electron chi connectivity index (χ3n) is 3.75. The first kappa shape index (κ1) is 15.2. The fourth-order valence-electron chi connectivity index (χ4n) is 2.69. The summed E-state index contributed by atoms with van der Waals surface area (Å²) in [6.07, 6.45) is 3.17. The second-order valence-electron chi connectivity index (χ2n) is 5.80. The van der Waals surface area contributed by atoms with Crippen molar-refractivity contribution in [2.24, 2.45) is 5.92 Å². The Bertz CT molecular complexity index is 436. The van der Waals surface area contributed by atoms with E-state index in [1.807, 2.05) is 13.2 Å². The van der Waals surface area contributed by atoms with E-state index in [9.17, 15) is 0 Å². The summed E-state index contributed by atoms with van der Waals surface area (Å²) in [5.41, 5.74) is 2.27. The summed E-state index contributed by atoms with van der Waals surface area (Å²) in [7, 11) is 3.73. The molecule has 5 heteroatoms. The molecule has 2 heterocycles. The van der Waals surface area contributed by atoms with Crippen molar-refractivity contribution in [2.45, 2.75) is 32.7 Å². The van der Waals surface area contributed by atoms with Gasteiger partial charge in [0.25, 0.3) is 0 Å². The Morgan fingerprint density at radius 1 is 1.50 bits per heavy atom. The van der Waals surface area contributed by atoms with Gasteiger partial charge in [-0.3, -0.25) is 0 Å². The Labute approximate surface area is 121 Å². The zero-order valence-corrected chi connectivity index (χ0v) is 13.0. The SMILES string of the molecule is CNCc1nc(C(C)C)ncc1N1CCC(COC)C1. The van der Waals surface area contributed by atoms with Gasteiger partial charge < -0.3 is 15.0 Å². The molecule has 0 amide bonds. The van der Waals surface area contributed by atoms with Crippen molar-refractivity contribution < 1.29 is 4.74 Å². The van der Waals surface area contributed by atoms with Gasteiger partial charge >= 0.3 is 0 Å². The van der Waals surface area contributed by atoms with Crippen LogP contribution in [0.3, 0.4) is 0 Å². The van der Waals surface area contributed by atoms with Crippen LogP contribution >= 0.6 is 0 Å². The first-order valence-corrected chi connectivity index (χ1v) is 7.40. The van der Waals surface area contributed by atoms with E-state index in [2.05, 4.69) is 29.0 Å². The molecule has 5 nitrogen and oxygen atoms in total. The zero-order valence-electron chi connectivity index (χ0n) is 13.0. The molecule has 0 spiro atoms. The van der Waals surface area contributed by atoms with Crippen molar-refractivity contribution in [1.29, 1.82) is 0 Å². The summed E-state index contributed by atoms with van der Waals surface area (Å²) in [6, 6.07) is 0. The van der Waals surface area contributed by atoms with Crippen LogP contribution in [0.25, 0.3) is 0 Å². The molecule has 0 bridgehead atoms. The van der Waals surface area contributed by atoms with Gasteiger partial charge in [0.1, 0.15) is 5.82 Å². The highest BCUT2D eigenvalue weighted by Gasteiger charge is 2.25. The lowest BCUT2D eigenvalue weighted by Gasteiger charge is -2.22. The lowest BCUT2D eigenvalue weighted by molar-refractivity contribution is 0.161. The van der Waals surface area contributed by atoms with E-state index in [1.165, 1.54) is 12.1 Å². The highest BCUT2D eigenvalue weighted by atomic mass is 16.5. The number of nitrogens with one attached hydrogen (secondary N) is 1. The Morgan fingerprint density at radius 2 is 2.30 bits per heavy atom. The summed E-state index contributed by atoms with van der Waals surface area (Å²) in [5.74, 6) is 1.90. The predicted molar refractivity (Wildman–Crippen MR) is 81.1 cm³/mol. The molecular weight excluding hydrogens is 252 g/mol. The van der Waals surface area contributed by atoms with Gasteiger partial charge in [0.2, 0.25) is 0 Å². The van der Waals surface area contributed by atoms with Gasteiger partial charge in [0.15, 0.2) is 0 Å². The largest absolute Gasteiger partial charge is 0.384 e. The van der Waals surface area contributed by atoms with E-state index in [1.54, 1.807) is 7.11 Å². The first-order valence-electron chi connectivity index (χ1n) is 7.40. The number of nitrogens with zero attached hydrogens (tertiary/aromatic N) is 3. The van der Waals surface area contributed by atoms with Crippen molar-refractivity contribution in [1.82, 2.24) is 15.3 Å². The van der Waals surface area contributed by atoms with Gasteiger partial charge in [-0.1, -0.05) is 13.8 Å². The second-order valence-corrected chi connectivity index (χ2v) is 5.80. The number of rotatable bonds is 6. The van der Waals surface area contributed by atoms with Crippen LogP contribution in [0, 0.1) is 5.92 Å². The van der Waals surface area contributed by atoms with Gasteiger partial charge in [0.05, 0.1) is 24.2 Å². The predicted octanol–water partition coefficient (Wildman–Crippen LogP) is 1.79. The molecule has 1 atom stereocenters. The Morgan fingerprint density at radius 3 is 2.95 bits per heavy atom. The van der Waals surface area contributed by atoms with Gasteiger partial charge in [0, 0.05) is 38.6 Å². The average molecular weight is 278 g/mol. The van der Waals surface area contributed by atoms with Gasteiger partial charge in [-0.05, 0) is 13.5 Å². The van der Waals surface area contributed by atoms with E-state index in [-0.39, 0.29) is 0 Å². The molecule has 20 heavy (non-hydrogen) atoms. The molecule has 1 N–H and O–H groups in total. The molecule has 0 aromatic carbocycles. The number of aromatic nitrogens is 2. The number of hydrogen-bond acceptors (Lipinski definition) is 5. The second kappa shape index (κ2) is 6.99. The van der Waals surface area contributed by atoms with E-state index < -0.39 is 0 Å². The number of anilines is 1. The number of ether oxygens (including phenoxy) is 1. The van der Waals surface area contributed by atoms with Crippen LogP contribution < -0.4 is 10.2 Å². The fraction of sp³-hybridized carbons (Fsp3) is 0.733. The van der Waals surface area contributed by atoms with E-state index in [4.69, 9.17) is 9.72 Å².